The van der Waals surface area contributed by atoms with Crippen LogP contribution in [0, 0.1) is 59.2 Å². The zero-order valence-corrected chi connectivity index (χ0v) is 62.7. The van der Waals surface area contributed by atoms with E-state index in [9.17, 15) is 24.3 Å². The second-order valence-electron chi connectivity index (χ2n) is 29.8. The van der Waals surface area contributed by atoms with Crippen molar-refractivity contribution in [3.63, 3.8) is 0 Å². The number of aliphatic hydroxyl groups excluding tert-OH is 1. The second kappa shape index (κ2) is 39.0. The highest BCUT2D eigenvalue weighted by molar-refractivity contribution is 6.00. The summed E-state index contributed by atoms with van der Waals surface area (Å²) in [7, 11) is 10.4. The third kappa shape index (κ3) is 23.0. The molecule has 14 atom stereocenters. The fraction of sp³-hybridized carbons (Fsp3) is 0.819. The zero-order valence-electron chi connectivity index (χ0n) is 62.7. The molecule has 0 bridgehead atoms. The fourth-order valence-electron chi connectivity index (χ4n) is 13.5. The van der Waals surface area contributed by atoms with E-state index in [0.717, 1.165) is 37.6 Å². The Morgan fingerprint density at radius 3 is 1.41 bits per heavy atom. The molecule has 0 radical (unpaired) electrons. The highest BCUT2D eigenvalue weighted by Crippen LogP contribution is 2.30. The molecule has 0 aromatic rings. The number of nitrogens with one attached hydrogen (secondary N) is 1. The van der Waals surface area contributed by atoms with Gasteiger partial charge in [0.2, 0.25) is 47.3 Å². The van der Waals surface area contributed by atoms with Crippen molar-refractivity contribution in [3.05, 3.63) is 12.2 Å². The number of Topliss-reactive ketones (excluding diaryl/α,β-unsaturated/α-hetero) is 3. The molecular formula is C72H128N10O12. The first-order valence-corrected chi connectivity index (χ1v) is 35.1. The van der Waals surface area contributed by atoms with Crippen molar-refractivity contribution >= 4 is 64.6 Å². The number of nitrogens with zero attached hydrogens (tertiary/aromatic N) is 9. The number of aliphatic hydroxyl groups is 1. The third-order valence-corrected chi connectivity index (χ3v) is 20.1. The largest absolute Gasteiger partial charge is 0.390 e. The molecule has 2 saturated heterocycles. The molecule has 2 aliphatic rings. The van der Waals surface area contributed by atoms with Crippen LogP contribution in [0.15, 0.2) is 12.2 Å². The summed E-state index contributed by atoms with van der Waals surface area (Å²) < 4.78 is 0. The van der Waals surface area contributed by atoms with Gasteiger partial charge in [-0.3, -0.25) is 52.7 Å². The minimum absolute atomic E-state index is 0.0289. The molecule has 0 aromatic heterocycles. The maximum Gasteiger partial charge on any atom is 0.246 e. The smallest absolute Gasteiger partial charge is 0.246 e. The van der Waals surface area contributed by atoms with Gasteiger partial charge in [0.05, 0.1) is 18.2 Å². The van der Waals surface area contributed by atoms with Crippen molar-refractivity contribution < 1.29 is 57.8 Å². The number of amides is 8. The van der Waals surface area contributed by atoms with Crippen LogP contribution in [-0.4, -0.2) is 257 Å². The normalized spacial score (nSPS) is 28.2. The number of hydrogen-bond acceptors (Lipinski definition) is 14. The summed E-state index contributed by atoms with van der Waals surface area (Å²) in [5.74, 6) is -11.0. The molecule has 0 aromatic carbocycles. The van der Waals surface area contributed by atoms with E-state index >= 15 is 33.6 Å². The van der Waals surface area contributed by atoms with Gasteiger partial charge >= 0.3 is 0 Å². The Morgan fingerprint density at radius 1 is 0.479 bits per heavy atom. The van der Waals surface area contributed by atoms with Gasteiger partial charge in [-0.15, -0.1) is 0 Å². The quantitative estimate of drug-likeness (QED) is 0.138. The monoisotopic (exact) mass is 1320 g/mol. The first-order valence-electron chi connectivity index (χ1n) is 35.1. The van der Waals surface area contributed by atoms with Gasteiger partial charge in [-0.25, -0.2) is 0 Å². The maximum atomic E-state index is 15.3. The number of allylic oxidation sites excluding steroid dienone is 2. The Labute approximate surface area is 566 Å². The van der Waals surface area contributed by atoms with E-state index in [4.69, 9.17) is 0 Å². The molecule has 22 nitrogen and oxygen atoms in total. The van der Waals surface area contributed by atoms with Crippen LogP contribution < -0.4 is 5.32 Å². The Hall–Kier alpha value is -5.61. The number of carbonyl (C=O) groups is 11. The lowest BCUT2D eigenvalue weighted by atomic mass is 9.83. The van der Waals surface area contributed by atoms with Gasteiger partial charge in [0, 0.05) is 113 Å². The molecule has 2 aliphatic heterocycles. The molecule has 94 heavy (non-hydrogen) atoms. The molecule has 0 spiro atoms. The average Bonchev–Trinajstić information content (AvgIpc) is 0.812. The zero-order chi connectivity index (χ0) is 72.2. The van der Waals surface area contributed by atoms with Crippen LogP contribution in [0.1, 0.15) is 182 Å². The first kappa shape index (κ1) is 84.5. The summed E-state index contributed by atoms with van der Waals surface area (Å²) in [5.41, 5.74) is 0. The number of piperazine rings is 1. The van der Waals surface area contributed by atoms with Gasteiger partial charge in [-0.2, -0.15) is 0 Å². The van der Waals surface area contributed by atoms with Gasteiger partial charge < -0.3 is 54.5 Å². The standard InChI is InChI=1S/C72H128N10O12/c1-26-29-30-49(15)64(86)63-65(87)73-54(27-2)69(91)74(19)52(18)67(89)79(24)62(48(14)31-32-82-35-33-81(28-3)34-36-82)60(85)42-53(46(10)11)68(90)75(20)55(37-43(4)5)59(84)40-50(16)58(83)41-51(17)66(88)76(21)56(38-44(6)7)70(92)77(22)57(39-45(8)9)71(93)78(23)61(47(12)13)72(94)80(63)25/h26,29,43-57,61-64,86H,27-28,30-42H2,1-25H3,(H,73,87)/b29-26+/t48-,49-,50-,51+,52-,53+,54+,55+,56+,57+,61+,62?,63+,64-/m1/s1. The van der Waals surface area contributed by atoms with Gasteiger partial charge in [0.15, 0.2) is 11.6 Å². The summed E-state index contributed by atoms with van der Waals surface area (Å²) in [5, 5.41) is 15.1. The Morgan fingerprint density at radius 2 is 0.936 bits per heavy atom. The molecule has 2 heterocycles. The Bertz CT molecular complexity index is 2570. The van der Waals surface area contributed by atoms with Crippen LogP contribution in [0.5, 0.6) is 0 Å². The van der Waals surface area contributed by atoms with Crippen LogP contribution >= 0.6 is 0 Å². The first-order chi connectivity index (χ1) is 43.6. The maximum absolute atomic E-state index is 15.3. The van der Waals surface area contributed by atoms with Crippen LogP contribution in [0.3, 0.4) is 0 Å². The van der Waals surface area contributed by atoms with Gasteiger partial charge in [-0.05, 0) is 107 Å². The number of rotatable bonds is 18. The van der Waals surface area contributed by atoms with E-state index in [2.05, 4.69) is 22.0 Å². The molecular weight excluding hydrogens is 1200 g/mol. The predicted octanol–water partition coefficient (Wildman–Crippen LogP) is 6.55. The predicted molar refractivity (Wildman–Crippen MR) is 369 cm³/mol. The summed E-state index contributed by atoms with van der Waals surface area (Å²) in [6, 6.07) is -9.57. The molecule has 22 heteroatoms. The third-order valence-electron chi connectivity index (χ3n) is 20.1. The second-order valence-corrected chi connectivity index (χ2v) is 29.8. The van der Waals surface area contributed by atoms with Crippen molar-refractivity contribution in [2.45, 2.75) is 237 Å². The van der Waals surface area contributed by atoms with Crippen molar-refractivity contribution in [2.24, 2.45) is 59.2 Å². The molecule has 0 saturated carbocycles. The number of carbonyl (C=O) groups excluding carboxylic acids is 11. The van der Waals surface area contributed by atoms with E-state index in [1.807, 2.05) is 75.3 Å². The Balaban J connectivity index is 3.04. The molecule has 2 rings (SSSR count). The van der Waals surface area contributed by atoms with Crippen molar-refractivity contribution in [1.29, 1.82) is 0 Å². The topological polar surface area (TPSA) is 249 Å². The van der Waals surface area contributed by atoms with Crippen molar-refractivity contribution in [2.75, 3.05) is 88.6 Å². The minimum atomic E-state index is -1.61. The lowest BCUT2D eigenvalue weighted by Gasteiger charge is -2.41. The average molecular weight is 1330 g/mol. The molecule has 538 valence electrons. The number of hydrogen-bond donors (Lipinski definition) is 2. The lowest BCUT2D eigenvalue weighted by molar-refractivity contribution is -0.157. The van der Waals surface area contributed by atoms with E-state index in [0.29, 0.717) is 19.4 Å². The molecule has 2 N–H and O–H groups in total. The molecule has 8 amide bonds. The summed E-state index contributed by atoms with van der Waals surface area (Å²) in [4.78, 5) is 178. The van der Waals surface area contributed by atoms with Crippen molar-refractivity contribution in [1.82, 2.24) is 49.4 Å². The number of likely N-dealkylation sites (N-methyl/N-ethyl adjacent to an activating group) is 8. The fourth-order valence-corrected chi connectivity index (χ4v) is 13.5. The van der Waals surface area contributed by atoms with Crippen LogP contribution in [0.4, 0.5) is 0 Å². The van der Waals surface area contributed by atoms with Crippen LogP contribution in [-0.2, 0) is 52.7 Å². The molecule has 1 unspecified atom stereocenters. The van der Waals surface area contributed by atoms with E-state index in [1.54, 1.807) is 61.6 Å². The minimum Gasteiger partial charge on any atom is -0.390 e. The number of ketones is 3. The van der Waals surface area contributed by atoms with Crippen LogP contribution in [0.2, 0.25) is 0 Å². The highest BCUT2D eigenvalue weighted by Gasteiger charge is 2.46. The van der Waals surface area contributed by atoms with Crippen LogP contribution in [0.25, 0.3) is 0 Å². The van der Waals surface area contributed by atoms with Crippen molar-refractivity contribution in [3.8, 4) is 0 Å². The molecule has 0 aliphatic carbocycles. The summed E-state index contributed by atoms with van der Waals surface area (Å²) in [6.07, 6.45) is 2.88. The van der Waals surface area contributed by atoms with Gasteiger partial charge in [0.25, 0.3) is 0 Å². The van der Waals surface area contributed by atoms with E-state index in [-0.39, 0.29) is 80.0 Å². The summed E-state index contributed by atoms with van der Waals surface area (Å²) in [6.45, 7) is 37.7. The van der Waals surface area contributed by atoms with Gasteiger partial charge in [0.1, 0.15) is 42.0 Å². The molecule has 2 fully saturated rings. The lowest BCUT2D eigenvalue weighted by Crippen LogP contribution is -2.63. The SMILES string of the molecule is C/C=C/C[C@@H](C)[C@@H](O)[C@H]1C(=O)N[C@@H](CC)C(=O)N(C)[C@H](C)C(=O)N(C)C([C@H](C)CCN2CCN(CC)CC2)C(=O)C[C@@H](C(C)C)C(=O)N(C)[C@@H](CC(C)C)C(=O)C[C@@H](C)C(=O)C[C@H](C)C(=O)N(C)[C@@H](CC(C)C)C(=O)N(C)[C@@H](CC(C)C)C(=O)N(C)[C@@H](C(C)C)C(=O)N1C. The highest BCUT2D eigenvalue weighted by atomic mass is 16.3. The summed E-state index contributed by atoms with van der Waals surface area (Å²) >= 11 is 0. The Kier molecular flexibility index (Phi) is 35.0. The van der Waals surface area contributed by atoms with Gasteiger partial charge in [-0.1, -0.05) is 123 Å². The van der Waals surface area contributed by atoms with E-state index < -0.39 is 143 Å². The van der Waals surface area contributed by atoms with E-state index in [1.165, 1.54) is 71.7 Å².